The minimum atomic E-state index is -0.491. The van der Waals surface area contributed by atoms with Gasteiger partial charge in [-0.1, -0.05) is 51.3 Å². The Bertz CT molecular complexity index is 1100. The van der Waals surface area contributed by atoms with Gasteiger partial charge in [0.2, 0.25) is 11.8 Å². The first-order chi connectivity index (χ1) is 17.8. The van der Waals surface area contributed by atoms with Crippen molar-refractivity contribution in [3.8, 4) is 11.3 Å². The van der Waals surface area contributed by atoms with Gasteiger partial charge in [-0.3, -0.25) is 9.59 Å². The van der Waals surface area contributed by atoms with Crippen molar-refractivity contribution >= 4 is 11.8 Å². The fraction of sp³-hybridized carbons (Fsp3) is 0.600. The van der Waals surface area contributed by atoms with Crippen molar-refractivity contribution in [1.29, 1.82) is 0 Å². The number of nitrogens with zero attached hydrogens (tertiary/aromatic N) is 3. The first kappa shape index (κ1) is 27.2. The molecule has 1 saturated heterocycles. The van der Waals surface area contributed by atoms with Crippen LogP contribution in [-0.2, 0) is 9.59 Å². The molecule has 1 aromatic carbocycles. The van der Waals surface area contributed by atoms with Crippen LogP contribution in [0.2, 0.25) is 0 Å². The highest BCUT2D eigenvalue weighted by atomic mass is 16.2. The predicted molar refractivity (Wildman–Crippen MR) is 147 cm³/mol. The van der Waals surface area contributed by atoms with Crippen LogP contribution in [0.25, 0.3) is 11.3 Å². The maximum absolute atomic E-state index is 14.1. The number of carbonyl (C=O) groups is 2. The van der Waals surface area contributed by atoms with Crippen LogP contribution in [0.4, 0.5) is 0 Å². The van der Waals surface area contributed by atoms with Crippen molar-refractivity contribution in [2.75, 3.05) is 13.6 Å². The molecule has 1 aliphatic heterocycles. The fourth-order valence-electron chi connectivity index (χ4n) is 5.74. The number of nitrogens with one attached hydrogen (secondary N) is 2. The van der Waals surface area contributed by atoms with Crippen molar-refractivity contribution in [2.24, 2.45) is 5.92 Å². The molecule has 0 radical (unpaired) electrons. The molecule has 1 saturated carbocycles. The molecule has 2 fully saturated rings. The summed E-state index contributed by atoms with van der Waals surface area (Å²) in [6.07, 6.45) is 7.17. The number of amides is 2. The molecule has 2 N–H and O–H groups in total. The molecule has 1 aliphatic carbocycles. The summed E-state index contributed by atoms with van der Waals surface area (Å²) in [6, 6.07) is 9.63. The molecule has 0 spiro atoms. The largest absolute Gasteiger partial charge is 0.343 e. The van der Waals surface area contributed by atoms with E-state index in [4.69, 9.17) is 9.97 Å². The lowest BCUT2D eigenvalue weighted by molar-refractivity contribution is -0.139. The molecule has 4 rings (SSSR count). The summed E-state index contributed by atoms with van der Waals surface area (Å²) in [6.45, 7) is 8.82. The Balaban J connectivity index is 1.62. The van der Waals surface area contributed by atoms with Gasteiger partial charge in [-0.15, -0.1) is 0 Å². The third-order valence-electron chi connectivity index (χ3n) is 8.10. The Morgan fingerprint density at radius 1 is 1.00 bits per heavy atom. The molecule has 0 bridgehead atoms. The highest BCUT2D eigenvalue weighted by Crippen LogP contribution is 2.35. The Morgan fingerprint density at radius 2 is 1.76 bits per heavy atom. The highest BCUT2D eigenvalue weighted by Gasteiger charge is 2.39. The van der Waals surface area contributed by atoms with E-state index in [-0.39, 0.29) is 29.8 Å². The zero-order chi connectivity index (χ0) is 26.5. The van der Waals surface area contributed by atoms with Crippen LogP contribution in [0.3, 0.4) is 0 Å². The van der Waals surface area contributed by atoms with Gasteiger partial charge in [0, 0.05) is 12.1 Å². The second kappa shape index (κ2) is 12.2. The van der Waals surface area contributed by atoms with Gasteiger partial charge in [-0.25, -0.2) is 9.97 Å². The standard InChI is InChI=1S/C30H43N5O2/c1-19(2)23-13-9-14-24(17-23)25-18-26(33-21(4)32-25)27-15-10-16-35(27)30(37)28(22-11-7-6-8-12-22)34-29(36)20(3)31-5/h9,13-14,17-20,22,27-28,31H,6-8,10-12,15-16H2,1-5H3,(H,34,36). The van der Waals surface area contributed by atoms with Crippen molar-refractivity contribution < 1.29 is 9.59 Å². The maximum atomic E-state index is 14.1. The number of aromatic nitrogens is 2. The van der Waals surface area contributed by atoms with E-state index in [1.54, 1.807) is 7.05 Å². The molecular formula is C30H43N5O2. The van der Waals surface area contributed by atoms with Crippen LogP contribution in [0.5, 0.6) is 0 Å². The predicted octanol–water partition coefficient (Wildman–Crippen LogP) is 4.91. The normalized spacial score (nSPS) is 20.2. The number of hydrogen-bond donors (Lipinski definition) is 2. The summed E-state index contributed by atoms with van der Waals surface area (Å²) in [4.78, 5) is 38.5. The van der Waals surface area contributed by atoms with Crippen LogP contribution in [0.15, 0.2) is 30.3 Å². The first-order valence-electron chi connectivity index (χ1n) is 14.0. The van der Waals surface area contributed by atoms with Crippen molar-refractivity contribution in [3.63, 3.8) is 0 Å². The number of rotatable bonds is 8. The van der Waals surface area contributed by atoms with E-state index in [9.17, 15) is 9.59 Å². The summed E-state index contributed by atoms with van der Waals surface area (Å²) < 4.78 is 0. The minimum Gasteiger partial charge on any atom is -0.343 e. The van der Waals surface area contributed by atoms with Crippen molar-refractivity contribution in [1.82, 2.24) is 25.5 Å². The lowest BCUT2D eigenvalue weighted by Crippen LogP contribution is -2.55. The summed E-state index contributed by atoms with van der Waals surface area (Å²) in [7, 11) is 1.77. The number of carbonyl (C=O) groups excluding carboxylic acids is 2. The summed E-state index contributed by atoms with van der Waals surface area (Å²) in [5, 5.41) is 6.13. The monoisotopic (exact) mass is 505 g/mol. The van der Waals surface area contributed by atoms with E-state index in [1.165, 1.54) is 12.0 Å². The molecule has 2 heterocycles. The molecule has 3 atom stereocenters. The first-order valence-corrected chi connectivity index (χ1v) is 14.0. The minimum absolute atomic E-state index is 0.0330. The molecular weight excluding hydrogens is 462 g/mol. The van der Waals surface area contributed by atoms with Crippen LogP contribution >= 0.6 is 0 Å². The number of benzene rings is 1. The zero-order valence-electron chi connectivity index (χ0n) is 23.1. The Hall–Kier alpha value is -2.80. The van der Waals surface area contributed by atoms with Gasteiger partial charge < -0.3 is 15.5 Å². The maximum Gasteiger partial charge on any atom is 0.246 e. The van der Waals surface area contributed by atoms with E-state index in [0.717, 1.165) is 55.5 Å². The zero-order valence-corrected chi connectivity index (χ0v) is 23.1. The van der Waals surface area contributed by atoms with Crippen molar-refractivity contribution in [2.45, 2.75) is 96.7 Å². The van der Waals surface area contributed by atoms with E-state index < -0.39 is 6.04 Å². The number of likely N-dealkylation sites (N-methyl/N-ethyl adjacent to an activating group) is 1. The molecule has 2 amide bonds. The summed E-state index contributed by atoms with van der Waals surface area (Å²) in [5.74, 6) is 1.24. The van der Waals surface area contributed by atoms with Gasteiger partial charge in [0.15, 0.2) is 0 Å². The molecule has 1 aromatic heterocycles. The molecule has 200 valence electrons. The number of likely N-dealkylation sites (tertiary alicyclic amines) is 1. The summed E-state index contributed by atoms with van der Waals surface area (Å²) in [5.41, 5.74) is 4.13. The van der Waals surface area contributed by atoms with Crippen LogP contribution < -0.4 is 10.6 Å². The molecule has 3 unspecified atom stereocenters. The van der Waals surface area contributed by atoms with Gasteiger partial charge in [0.05, 0.1) is 23.5 Å². The van der Waals surface area contributed by atoms with Gasteiger partial charge in [0.1, 0.15) is 11.9 Å². The molecule has 37 heavy (non-hydrogen) atoms. The van der Waals surface area contributed by atoms with E-state index >= 15 is 0 Å². The second-order valence-corrected chi connectivity index (χ2v) is 11.1. The Kier molecular flexibility index (Phi) is 8.95. The Morgan fingerprint density at radius 3 is 2.46 bits per heavy atom. The van der Waals surface area contributed by atoms with E-state index in [2.05, 4.69) is 54.8 Å². The average Bonchev–Trinajstić information content (AvgIpc) is 3.41. The van der Waals surface area contributed by atoms with Crippen LogP contribution in [-0.4, -0.2) is 52.4 Å². The topological polar surface area (TPSA) is 87.2 Å². The van der Waals surface area contributed by atoms with Crippen molar-refractivity contribution in [3.05, 3.63) is 47.4 Å². The second-order valence-electron chi connectivity index (χ2n) is 11.1. The number of aryl methyl sites for hydroxylation is 1. The quantitative estimate of drug-likeness (QED) is 0.532. The smallest absolute Gasteiger partial charge is 0.246 e. The van der Waals surface area contributed by atoms with Crippen LogP contribution in [0.1, 0.15) is 94.8 Å². The lowest BCUT2D eigenvalue weighted by Gasteiger charge is -2.35. The summed E-state index contributed by atoms with van der Waals surface area (Å²) >= 11 is 0. The lowest BCUT2D eigenvalue weighted by atomic mass is 9.83. The highest BCUT2D eigenvalue weighted by molar-refractivity contribution is 5.90. The molecule has 7 heteroatoms. The van der Waals surface area contributed by atoms with Gasteiger partial charge >= 0.3 is 0 Å². The average molecular weight is 506 g/mol. The molecule has 2 aromatic rings. The molecule has 2 aliphatic rings. The van der Waals surface area contributed by atoms with Gasteiger partial charge in [-0.2, -0.15) is 0 Å². The van der Waals surface area contributed by atoms with Crippen LogP contribution in [0, 0.1) is 12.8 Å². The number of hydrogen-bond acceptors (Lipinski definition) is 5. The van der Waals surface area contributed by atoms with E-state index in [0.29, 0.717) is 18.3 Å². The third-order valence-corrected chi connectivity index (χ3v) is 8.10. The van der Waals surface area contributed by atoms with E-state index in [1.807, 2.05) is 18.7 Å². The Labute approximate surface area is 221 Å². The SMILES string of the molecule is CNC(C)C(=O)NC(C(=O)N1CCCC1c1cc(-c2cccc(C(C)C)c2)nc(C)n1)C1CCCCC1. The fourth-order valence-corrected chi connectivity index (χ4v) is 5.74. The van der Waals surface area contributed by atoms with Gasteiger partial charge in [0.25, 0.3) is 0 Å². The molecule has 7 nitrogen and oxygen atoms in total. The third kappa shape index (κ3) is 6.38. The van der Waals surface area contributed by atoms with Gasteiger partial charge in [-0.05, 0) is 76.1 Å².